The lowest BCUT2D eigenvalue weighted by Gasteiger charge is -2.46. The molecule has 4 bridgehead atoms. The van der Waals surface area contributed by atoms with Crippen molar-refractivity contribution in [3.63, 3.8) is 0 Å². The molecule has 8 nitrogen and oxygen atoms in total. The second kappa shape index (κ2) is 5.09. The van der Waals surface area contributed by atoms with Crippen LogP contribution in [0.15, 0.2) is 0 Å². The number of hydrogen-bond donors (Lipinski definition) is 0. The summed E-state index contributed by atoms with van der Waals surface area (Å²) in [6.45, 7) is 3.53. The molecule has 6 fully saturated rings. The Morgan fingerprint density at radius 2 is 1.90 bits per heavy atom. The summed E-state index contributed by atoms with van der Waals surface area (Å²) in [5.41, 5.74) is -4.15. The largest absolute Gasteiger partial charge is 0.469 e. The Hall–Kier alpha value is -1.96. The zero-order valence-corrected chi connectivity index (χ0v) is 17.4. The van der Waals surface area contributed by atoms with Crippen molar-refractivity contribution in [2.24, 2.45) is 28.6 Å². The first-order valence-corrected chi connectivity index (χ1v) is 10.8. The summed E-state index contributed by atoms with van der Waals surface area (Å²) in [5, 5.41) is 0. The van der Waals surface area contributed by atoms with Crippen molar-refractivity contribution in [1.29, 1.82) is 0 Å². The zero-order valence-electron chi connectivity index (χ0n) is 17.4. The van der Waals surface area contributed by atoms with Gasteiger partial charge in [0.15, 0.2) is 5.78 Å². The Balaban J connectivity index is 1.56. The lowest BCUT2D eigenvalue weighted by Crippen LogP contribution is -2.52. The highest BCUT2D eigenvalue weighted by Gasteiger charge is 2.89. The summed E-state index contributed by atoms with van der Waals surface area (Å²) in [6, 6.07) is 0. The van der Waals surface area contributed by atoms with E-state index in [1.54, 1.807) is 6.92 Å². The van der Waals surface area contributed by atoms with Crippen LogP contribution in [0.4, 0.5) is 0 Å². The normalized spacial score (nSPS) is 54.4. The molecule has 0 radical (unpaired) electrons. The van der Waals surface area contributed by atoms with Crippen LogP contribution in [0.3, 0.4) is 0 Å². The van der Waals surface area contributed by atoms with Gasteiger partial charge in [0.1, 0.15) is 22.2 Å². The molecule has 8 atom stereocenters. The number of epoxide rings is 1. The molecule has 4 aliphatic carbocycles. The van der Waals surface area contributed by atoms with E-state index in [-0.39, 0.29) is 24.1 Å². The van der Waals surface area contributed by atoms with Crippen LogP contribution in [0, 0.1) is 28.6 Å². The highest BCUT2D eigenvalue weighted by Crippen LogP contribution is 2.80. The average Bonchev–Trinajstić information content (AvgIpc) is 3.34. The van der Waals surface area contributed by atoms with Crippen molar-refractivity contribution in [3.05, 3.63) is 0 Å². The Kier molecular flexibility index (Phi) is 3.18. The lowest BCUT2D eigenvalue weighted by molar-refractivity contribution is -0.174. The van der Waals surface area contributed by atoms with Crippen molar-refractivity contribution < 1.29 is 38.1 Å². The number of carbonyl (C=O) groups excluding carboxylic acids is 4. The van der Waals surface area contributed by atoms with Crippen LogP contribution in [0.2, 0.25) is 0 Å². The molecule has 2 heterocycles. The van der Waals surface area contributed by atoms with E-state index in [9.17, 15) is 19.2 Å². The number of carbonyl (C=O) groups is 4. The van der Waals surface area contributed by atoms with Gasteiger partial charge in [0.25, 0.3) is 0 Å². The number of ketones is 1. The standard InChI is InChI=1S/C22H26O8/c1-11(23)29-20-6-4-12-19(8-20,9-21(20)10-28-21)14(16(25)27-3)15-18(2)13(24)5-7-22(12,15)30-17(18)26/h12,14-15H,4-10H2,1-3H3/t12?,14?,15?,18-,19+,20-,21+,22+/m0/s1. The third-order valence-corrected chi connectivity index (χ3v) is 9.60. The molecule has 30 heavy (non-hydrogen) atoms. The van der Waals surface area contributed by atoms with Gasteiger partial charge in [-0.15, -0.1) is 0 Å². The first-order valence-electron chi connectivity index (χ1n) is 10.8. The molecule has 0 aromatic heterocycles. The van der Waals surface area contributed by atoms with Gasteiger partial charge < -0.3 is 18.9 Å². The molecule has 6 rings (SSSR count). The fourth-order valence-electron chi connectivity index (χ4n) is 8.68. The number of rotatable bonds is 2. The van der Waals surface area contributed by atoms with Gasteiger partial charge in [-0.25, -0.2) is 0 Å². The van der Waals surface area contributed by atoms with Crippen molar-refractivity contribution in [1.82, 2.24) is 0 Å². The zero-order chi connectivity index (χ0) is 21.3. The first kappa shape index (κ1) is 18.8. The Morgan fingerprint density at radius 1 is 1.17 bits per heavy atom. The van der Waals surface area contributed by atoms with Crippen molar-refractivity contribution in [3.8, 4) is 0 Å². The second-order valence-corrected chi connectivity index (χ2v) is 10.5. The Labute approximate surface area is 173 Å². The fourth-order valence-corrected chi connectivity index (χ4v) is 8.68. The van der Waals surface area contributed by atoms with Crippen molar-refractivity contribution in [2.45, 2.75) is 69.2 Å². The average molecular weight is 418 g/mol. The quantitative estimate of drug-likeness (QED) is 0.286. The van der Waals surface area contributed by atoms with E-state index in [0.29, 0.717) is 38.7 Å². The molecular weight excluding hydrogens is 392 g/mol. The third-order valence-electron chi connectivity index (χ3n) is 9.60. The number of methoxy groups -OCH3 is 1. The molecule has 2 saturated heterocycles. The van der Waals surface area contributed by atoms with Gasteiger partial charge >= 0.3 is 17.9 Å². The SMILES string of the molecule is COC(=O)C1C2[C@]3(C)C(=O)CC[C@@]2(OC3=O)C2CC[C@]3(OC(C)=O)C[C@]12C[C@@]31CO1. The molecule has 0 aromatic rings. The fraction of sp³-hybridized carbons (Fsp3) is 0.818. The Bertz CT molecular complexity index is 922. The number of hydrogen-bond acceptors (Lipinski definition) is 8. The molecule has 3 unspecified atom stereocenters. The summed E-state index contributed by atoms with van der Waals surface area (Å²) in [5.74, 6) is -2.77. The van der Waals surface area contributed by atoms with Crippen LogP contribution >= 0.6 is 0 Å². The van der Waals surface area contributed by atoms with Gasteiger partial charge in [-0.3, -0.25) is 19.2 Å². The van der Waals surface area contributed by atoms with E-state index in [1.807, 2.05) is 0 Å². The predicted molar refractivity (Wildman–Crippen MR) is 97.7 cm³/mol. The number of Topliss-reactive ketones (excluding diaryl/α,β-unsaturated/α-hetero) is 1. The maximum Gasteiger partial charge on any atom is 0.320 e. The van der Waals surface area contributed by atoms with Gasteiger partial charge in [0, 0.05) is 25.2 Å². The minimum atomic E-state index is -1.34. The predicted octanol–water partition coefficient (Wildman–Crippen LogP) is 1.33. The number of fused-ring (bicyclic) bond motifs is 2. The van der Waals surface area contributed by atoms with E-state index in [4.69, 9.17) is 18.9 Å². The first-order chi connectivity index (χ1) is 14.1. The van der Waals surface area contributed by atoms with E-state index < -0.39 is 51.4 Å². The van der Waals surface area contributed by atoms with Gasteiger partial charge in [-0.1, -0.05) is 0 Å². The molecular formula is C22H26O8. The summed E-state index contributed by atoms with van der Waals surface area (Å²) >= 11 is 0. The number of ether oxygens (including phenoxy) is 4. The summed E-state index contributed by atoms with van der Waals surface area (Å²) < 4.78 is 23.2. The van der Waals surface area contributed by atoms with Crippen LogP contribution in [-0.4, -0.2) is 54.2 Å². The van der Waals surface area contributed by atoms with Gasteiger partial charge in [0.05, 0.1) is 19.6 Å². The van der Waals surface area contributed by atoms with Crippen LogP contribution in [-0.2, 0) is 38.1 Å². The van der Waals surface area contributed by atoms with Gasteiger partial charge in [-0.2, -0.15) is 0 Å². The minimum absolute atomic E-state index is 0.0924. The molecule has 4 saturated carbocycles. The molecule has 8 heteroatoms. The van der Waals surface area contributed by atoms with Gasteiger partial charge in [0.2, 0.25) is 0 Å². The highest BCUT2D eigenvalue weighted by molar-refractivity contribution is 6.07. The van der Waals surface area contributed by atoms with E-state index >= 15 is 0 Å². The monoisotopic (exact) mass is 418 g/mol. The minimum Gasteiger partial charge on any atom is -0.469 e. The van der Waals surface area contributed by atoms with E-state index in [1.165, 1.54) is 14.0 Å². The smallest absolute Gasteiger partial charge is 0.320 e. The molecule has 0 aromatic carbocycles. The molecule has 2 spiro atoms. The van der Waals surface area contributed by atoms with Crippen LogP contribution in [0.5, 0.6) is 0 Å². The molecule has 162 valence electrons. The van der Waals surface area contributed by atoms with Crippen molar-refractivity contribution >= 4 is 23.7 Å². The van der Waals surface area contributed by atoms with Crippen molar-refractivity contribution in [2.75, 3.05) is 13.7 Å². The van der Waals surface area contributed by atoms with E-state index in [0.717, 1.165) is 0 Å². The molecule has 6 aliphatic rings. The highest BCUT2D eigenvalue weighted by atomic mass is 16.6. The maximum atomic E-state index is 13.3. The van der Waals surface area contributed by atoms with Crippen LogP contribution in [0.25, 0.3) is 0 Å². The summed E-state index contributed by atoms with van der Waals surface area (Å²) in [4.78, 5) is 51.3. The van der Waals surface area contributed by atoms with Gasteiger partial charge in [-0.05, 0) is 44.4 Å². The van der Waals surface area contributed by atoms with Crippen LogP contribution < -0.4 is 0 Å². The van der Waals surface area contributed by atoms with E-state index in [2.05, 4.69) is 0 Å². The Morgan fingerprint density at radius 3 is 2.53 bits per heavy atom. The third kappa shape index (κ3) is 1.70. The summed E-state index contributed by atoms with van der Waals surface area (Å²) in [7, 11) is 1.34. The van der Waals surface area contributed by atoms with Crippen LogP contribution in [0.1, 0.15) is 52.4 Å². The molecule has 0 amide bonds. The second-order valence-electron chi connectivity index (χ2n) is 10.5. The lowest BCUT2D eigenvalue weighted by atomic mass is 9.59. The molecule has 0 N–H and O–H groups in total. The number of esters is 3. The maximum absolute atomic E-state index is 13.3. The topological polar surface area (TPSA) is 109 Å². The summed E-state index contributed by atoms with van der Waals surface area (Å²) in [6.07, 6.45) is 2.99. The molecule has 2 aliphatic heterocycles.